The van der Waals surface area contributed by atoms with Crippen LogP contribution in [-0.2, 0) is 19.7 Å². The Hall–Kier alpha value is -0.893. The van der Waals surface area contributed by atoms with Crippen LogP contribution >= 0.6 is 0 Å². The molecule has 7 heteroatoms. The molecule has 0 spiro atoms. The number of aryl methyl sites for hydroxylation is 1. The van der Waals surface area contributed by atoms with Gasteiger partial charge in [0, 0.05) is 26.4 Å². The van der Waals surface area contributed by atoms with E-state index in [1.807, 2.05) is 13.8 Å². The molecule has 0 atom stereocenters. The maximum Gasteiger partial charge on any atom is 0.500 e. The van der Waals surface area contributed by atoms with E-state index in [2.05, 4.69) is 0 Å². The molecule has 0 amide bonds. The summed E-state index contributed by atoms with van der Waals surface area (Å²) in [7, 11) is -0.995. The van der Waals surface area contributed by atoms with Gasteiger partial charge < -0.3 is 13.3 Å². The first-order valence-electron chi connectivity index (χ1n) is 7.94. The quantitative estimate of drug-likeness (QED) is 0.335. The zero-order valence-electron chi connectivity index (χ0n) is 14.0. The lowest BCUT2D eigenvalue weighted by Crippen LogP contribution is -2.44. The maximum absolute atomic E-state index is 13.1. The third-order valence-electron chi connectivity index (χ3n) is 3.53. The van der Waals surface area contributed by atoms with Crippen LogP contribution in [0, 0.1) is 17.5 Å². The molecule has 1 aromatic rings. The van der Waals surface area contributed by atoms with E-state index in [1.165, 1.54) is 0 Å². The third-order valence-corrected chi connectivity index (χ3v) is 6.58. The lowest BCUT2D eigenvalue weighted by Gasteiger charge is -2.27. The van der Waals surface area contributed by atoms with Gasteiger partial charge in [-0.2, -0.15) is 0 Å². The van der Waals surface area contributed by atoms with Gasteiger partial charge in [-0.15, -0.1) is 0 Å². The van der Waals surface area contributed by atoms with Gasteiger partial charge in [-0.3, -0.25) is 0 Å². The fourth-order valence-corrected chi connectivity index (χ4v) is 4.82. The molecule has 23 heavy (non-hydrogen) atoms. The van der Waals surface area contributed by atoms with Crippen molar-refractivity contribution in [1.82, 2.24) is 0 Å². The highest BCUT2D eigenvalue weighted by Crippen LogP contribution is 2.20. The monoisotopic (exact) mass is 350 g/mol. The van der Waals surface area contributed by atoms with Gasteiger partial charge in [0.1, 0.15) is 0 Å². The Morgan fingerprint density at radius 3 is 1.96 bits per heavy atom. The number of hydrogen-bond donors (Lipinski definition) is 0. The summed E-state index contributed by atoms with van der Waals surface area (Å²) in [6.45, 7) is 4.87. The number of halogens is 3. The van der Waals surface area contributed by atoms with Crippen molar-refractivity contribution >= 4 is 8.80 Å². The van der Waals surface area contributed by atoms with Crippen molar-refractivity contribution < 1.29 is 26.4 Å². The van der Waals surface area contributed by atoms with Gasteiger partial charge in [-0.1, -0.05) is 6.42 Å². The van der Waals surface area contributed by atoms with Crippen molar-refractivity contribution in [3.8, 4) is 0 Å². The summed E-state index contributed by atoms with van der Waals surface area (Å²) in [5.74, 6) is -3.70. The Morgan fingerprint density at radius 1 is 0.913 bits per heavy atom. The first-order valence-corrected chi connectivity index (χ1v) is 9.87. The average molecular weight is 350 g/mol. The van der Waals surface area contributed by atoms with Crippen molar-refractivity contribution in [2.75, 3.05) is 20.3 Å². The molecule has 0 fully saturated rings. The second-order valence-electron chi connectivity index (χ2n) is 5.19. The first kappa shape index (κ1) is 20.2. The van der Waals surface area contributed by atoms with E-state index < -0.39 is 26.3 Å². The predicted octanol–water partition coefficient (Wildman–Crippen LogP) is 4.48. The summed E-state index contributed by atoms with van der Waals surface area (Å²) in [5.41, 5.74) is 0.464. The second-order valence-corrected chi connectivity index (χ2v) is 8.04. The Morgan fingerprint density at radius 2 is 1.48 bits per heavy atom. The van der Waals surface area contributed by atoms with Crippen LogP contribution in [0.3, 0.4) is 0 Å². The van der Waals surface area contributed by atoms with Crippen molar-refractivity contribution in [1.29, 1.82) is 0 Å². The minimum absolute atomic E-state index is 0.464. The second kappa shape index (κ2) is 10.1. The fourth-order valence-electron chi connectivity index (χ4n) is 2.45. The van der Waals surface area contributed by atoms with Gasteiger partial charge >= 0.3 is 8.80 Å². The van der Waals surface area contributed by atoms with Gasteiger partial charge in [0.2, 0.25) is 0 Å². The molecule has 0 aromatic heterocycles. The molecule has 1 aromatic carbocycles. The molecule has 1 rings (SSSR count). The van der Waals surface area contributed by atoms with Gasteiger partial charge in [0.05, 0.1) is 0 Å². The third kappa shape index (κ3) is 6.25. The van der Waals surface area contributed by atoms with Crippen LogP contribution in [-0.4, -0.2) is 29.1 Å². The van der Waals surface area contributed by atoms with Crippen molar-refractivity contribution in [3.63, 3.8) is 0 Å². The average Bonchev–Trinajstić information content (AvgIpc) is 2.52. The van der Waals surface area contributed by atoms with Crippen LogP contribution in [0.15, 0.2) is 12.1 Å². The topological polar surface area (TPSA) is 27.7 Å². The molecule has 3 nitrogen and oxygen atoms in total. The summed E-state index contributed by atoms with van der Waals surface area (Å²) in [6.07, 6.45) is 2.93. The first-order chi connectivity index (χ1) is 11.0. The Kier molecular flexibility index (Phi) is 8.83. The molecule has 0 saturated heterocycles. The Balaban J connectivity index is 2.42. The van der Waals surface area contributed by atoms with Gasteiger partial charge in [0.25, 0.3) is 0 Å². The predicted molar refractivity (Wildman–Crippen MR) is 84.7 cm³/mol. The normalized spacial score (nSPS) is 11.9. The SMILES string of the molecule is CCO[Si](CCCCCc1cc(F)c(F)c(F)c1)(OC)OCC. The van der Waals surface area contributed by atoms with Crippen LogP contribution in [0.5, 0.6) is 0 Å². The van der Waals surface area contributed by atoms with Crippen LogP contribution in [0.2, 0.25) is 6.04 Å². The number of rotatable bonds is 11. The highest BCUT2D eigenvalue weighted by Gasteiger charge is 2.38. The molecule has 0 saturated carbocycles. The van der Waals surface area contributed by atoms with Crippen LogP contribution in [0.1, 0.15) is 38.7 Å². The zero-order valence-corrected chi connectivity index (χ0v) is 15.0. The molecule has 0 aliphatic carbocycles. The highest BCUT2D eigenvalue weighted by molar-refractivity contribution is 6.60. The number of unbranched alkanes of at least 4 members (excludes halogenated alkanes) is 2. The van der Waals surface area contributed by atoms with Crippen molar-refractivity contribution in [2.45, 2.75) is 45.6 Å². The van der Waals surface area contributed by atoms with E-state index in [0.717, 1.165) is 31.4 Å². The van der Waals surface area contributed by atoms with E-state index in [4.69, 9.17) is 13.3 Å². The maximum atomic E-state index is 13.1. The minimum atomic E-state index is -2.59. The standard InChI is InChI=1S/C16H25F3O3Si/c1-4-21-23(20-3,22-5-2)10-8-6-7-9-13-11-14(17)16(19)15(18)12-13/h11-12H,4-10H2,1-3H3. The fraction of sp³-hybridized carbons (Fsp3) is 0.625. The van der Waals surface area contributed by atoms with Gasteiger partial charge in [-0.25, -0.2) is 13.2 Å². The van der Waals surface area contributed by atoms with Crippen LogP contribution in [0.25, 0.3) is 0 Å². The lowest BCUT2D eigenvalue weighted by atomic mass is 10.1. The van der Waals surface area contributed by atoms with E-state index in [-0.39, 0.29) is 0 Å². The number of benzene rings is 1. The molecule has 132 valence electrons. The molecule has 0 aliphatic rings. The molecule has 0 bridgehead atoms. The summed E-state index contributed by atoms with van der Waals surface area (Å²) in [6, 6.07) is 2.80. The van der Waals surface area contributed by atoms with Crippen molar-refractivity contribution in [3.05, 3.63) is 35.1 Å². The lowest BCUT2D eigenvalue weighted by molar-refractivity contribution is 0.0859. The summed E-state index contributed by atoms with van der Waals surface area (Å²) in [4.78, 5) is 0. The summed E-state index contributed by atoms with van der Waals surface area (Å²) >= 11 is 0. The molecular weight excluding hydrogens is 325 g/mol. The van der Waals surface area contributed by atoms with Gasteiger partial charge in [0.15, 0.2) is 17.5 Å². The molecule has 0 unspecified atom stereocenters. The Labute approximate surface area is 137 Å². The molecule has 0 radical (unpaired) electrons. The highest BCUT2D eigenvalue weighted by atomic mass is 28.4. The largest absolute Gasteiger partial charge is 0.500 e. The molecule has 0 N–H and O–H groups in total. The van der Waals surface area contributed by atoms with E-state index >= 15 is 0 Å². The minimum Gasteiger partial charge on any atom is -0.377 e. The van der Waals surface area contributed by atoms with E-state index in [0.29, 0.717) is 31.2 Å². The molecular formula is C16H25F3O3Si. The van der Waals surface area contributed by atoms with Gasteiger partial charge in [-0.05, 0) is 50.8 Å². The van der Waals surface area contributed by atoms with Crippen LogP contribution < -0.4 is 0 Å². The zero-order chi connectivity index (χ0) is 17.3. The molecule has 0 aliphatic heterocycles. The smallest absolute Gasteiger partial charge is 0.377 e. The van der Waals surface area contributed by atoms with Crippen LogP contribution in [0.4, 0.5) is 13.2 Å². The number of hydrogen-bond acceptors (Lipinski definition) is 3. The Bertz CT molecular complexity index is 457. The summed E-state index contributed by atoms with van der Waals surface area (Å²) in [5, 5.41) is 0. The summed E-state index contributed by atoms with van der Waals surface area (Å²) < 4.78 is 56.0. The van der Waals surface area contributed by atoms with E-state index in [9.17, 15) is 13.2 Å². The van der Waals surface area contributed by atoms with E-state index in [1.54, 1.807) is 7.11 Å². The van der Waals surface area contributed by atoms with Crippen molar-refractivity contribution in [2.24, 2.45) is 0 Å². The molecule has 0 heterocycles.